The maximum atomic E-state index is 14.8. The van der Waals surface area contributed by atoms with Crippen molar-refractivity contribution in [2.75, 3.05) is 32.8 Å². The number of nitrogens with one attached hydrogen (secondary N) is 1. The molecule has 0 spiro atoms. The number of fused-ring (bicyclic) bond motifs is 1. The Morgan fingerprint density at radius 1 is 1.17 bits per heavy atom. The second-order valence-corrected chi connectivity index (χ2v) is 9.50. The number of unbranched alkanes of at least 4 members (excludes halogenated alkanes) is 1. The fourth-order valence-electron chi connectivity index (χ4n) is 4.88. The van der Waals surface area contributed by atoms with Crippen LogP contribution in [0.2, 0.25) is 0 Å². The zero-order valence-electron chi connectivity index (χ0n) is 20.5. The third-order valence-corrected chi connectivity index (χ3v) is 6.96. The van der Waals surface area contributed by atoms with E-state index in [1.807, 2.05) is 31.2 Å². The van der Waals surface area contributed by atoms with E-state index in [1.165, 1.54) is 17.0 Å². The van der Waals surface area contributed by atoms with Crippen LogP contribution in [0.5, 0.6) is 0 Å². The van der Waals surface area contributed by atoms with Gasteiger partial charge in [0.05, 0.1) is 25.7 Å². The number of nitrogens with zero attached hydrogens (tertiary/aromatic N) is 2. The Hall–Kier alpha value is -3.20. The lowest BCUT2D eigenvalue weighted by molar-refractivity contribution is -0.0813. The van der Waals surface area contributed by atoms with Gasteiger partial charge in [0.15, 0.2) is 0 Å². The highest BCUT2D eigenvalue weighted by molar-refractivity contribution is 5.76. The summed E-state index contributed by atoms with van der Waals surface area (Å²) in [7, 11) is 0. The molecule has 0 aromatic heterocycles. The summed E-state index contributed by atoms with van der Waals surface area (Å²) in [6.07, 6.45) is -0.0223. The molecule has 4 rings (SSSR count). The number of piperidine rings is 1. The van der Waals surface area contributed by atoms with E-state index in [4.69, 9.17) is 4.74 Å². The number of halogens is 2. The highest BCUT2D eigenvalue weighted by Gasteiger charge is 2.45. The van der Waals surface area contributed by atoms with E-state index in [2.05, 4.69) is 5.32 Å². The van der Waals surface area contributed by atoms with Crippen LogP contribution >= 0.6 is 0 Å². The molecule has 2 unspecified atom stereocenters. The van der Waals surface area contributed by atoms with Gasteiger partial charge in [0.2, 0.25) is 0 Å². The molecule has 3 amide bonds. The highest BCUT2D eigenvalue weighted by Crippen LogP contribution is 2.35. The third kappa shape index (κ3) is 5.61. The van der Waals surface area contributed by atoms with Crippen LogP contribution in [0.3, 0.4) is 0 Å². The first kappa shape index (κ1) is 25.9. The molecule has 3 atom stereocenters. The lowest BCUT2D eigenvalue weighted by Crippen LogP contribution is -2.62. The molecule has 0 saturated carbocycles. The molecule has 0 bridgehead atoms. The molecule has 2 N–H and O–H groups in total. The predicted octanol–water partition coefficient (Wildman–Crippen LogP) is 4.19. The maximum Gasteiger partial charge on any atom is 0.409 e. The number of alkyl halides is 1. The summed E-state index contributed by atoms with van der Waals surface area (Å²) < 4.78 is 33.6. The average molecular weight is 502 g/mol. The van der Waals surface area contributed by atoms with Crippen molar-refractivity contribution in [1.82, 2.24) is 15.1 Å². The Balaban J connectivity index is 1.47. The first-order chi connectivity index (χ1) is 17.3. The van der Waals surface area contributed by atoms with Crippen LogP contribution in [-0.4, -0.2) is 71.6 Å². The molecule has 2 aliphatic heterocycles. The number of β-amino-alcohol motifs (C(OH)–C–C–N with tert-alkyl or cyclic N) is 1. The second-order valence-electron chi connectivity index (χ2n) is 9.50. The molecular formula is C27H33F2N3O4. The summed E-state index contributed by atoms with van der Waals surface area (Å²) in [6.45, 7) is 2.15. The SMILES string of the molecule is CCCCOC(=O)N1CCC(F)C(O)(CNC(=O)N2CCc3ccccc3[C@@H]2c2ccc(F)cc2)C1. The van der Waals surface area contributed by atoms with Crippen molar-refractivity contribution >= 4 is 12.1 Å². The molecule has 1 fully saturated rings. The maximum absolute atomic E-state index is 14.8. The zero-order valence-corrected chi connectivity index (χ0v) is 20.5. The Morgan fingerprint density at radius 2 is 1.92 bits per heavy atom. The summed E-state index contributed by atoms with van der Waals surface area (Å²) in [5, 5.41) is 13.7. The summed E-state index contributed by atoms with van der Waals surface area (Å²) in [5.74, 6) is -0.370. The Labute approximate surface area is 210 Å². The van der Waals surface area contributed by atoms with Crippen molar-refractivity contribution in [3.63, 3.8) is 0 Å². The van der Waals surface area contributed by atoms with Crippen LogP contribution in [-0.2, 0) is 11.2 Å². The number of carbonyl (C=O) groups excluding carboxylic acids is 2. The minimum absolute atomic E-state index is 0.0510. The molecule has 2 aromatic rings. The van der Waals surface area contributed by atoms with Gasteiger partial charge in [-0.2, -0.15) is 0 Å². The van der Waals surface area contributed by atoms with Crippen molar-refractivity contribution < 1.29 is 28.2 Å². The van der Waals surface area contributed by atoms with E-state index in [9.17, 15) is 23.5 Å². The number of ether oxygens (including phenoxy) is 1. The normalized spacial score (nSPS) is 23.7. The molecular weight excluding hydrogens is 468 g/mol. The van der Waals surface area contributed by atoms with Crippen molar-refractivity contribution in [2.45, 2.75) is 50.4 Å². The number of benzene rings is 2. The number of hydrogen-bond donors (Lipinski definition) is 2. The van der Waals surface area contributed by atoms with Crippen molar-refractivity contribution in [1.29, 1.82) is 0 Å². The van der Waals surface area contributed by atoms with Gasteiger partial charge in [0.25, 0.3) is 0 Å². The summed E-state index contributed by atoms with van der Waals surface area (Å²) in [6, 6.07) is 12.9. The van der Waals surface area contributed by atoms with E-state index in [0.29, 0.717) is 13.0 Å². The van der Waals surface area contributed by atoms with Gasteiger partial charge >= 0.3 is 12.1 Å². The van der Waals surface area contributed by atoms with Gasteiger partial charge in [0, 0.05) is 13.1 Å². The van der Waals surface area contributed by atoms with E-state index in [0.717, 1.165) is 29.5 Å². The lowest BCUT2D eigenvalue weighted by atomic mass is 9.88. The van der Waals surface area contributed by atoms with Gasteiger partial charge in [-0.15, -0.1) is 0 Å². The van der Waals surface area contributed by atoms with E-state index < -0.39 is 29.9 Å². The average Bonchev–Trinajstić information content (AvgIpc) is 2.89. The van der Waals surface area contributed by atoms with Gasteiger partial charge in [-0.1, -0.05) is 49.7 Å². The van der Waals surface area contributed by atoms with Crippen LogP contribution in [0.1, 0.15) is 48.9 Å². The largest absolute Gasteiger partial charge is 0.449 e. The molecule has 7 nitrogen and oxygen atoms in total. The molecule has 194 valence electrons. The summed E-state index contributed by atoms with van der Waals surface area (Å²) in [4.78, 5) is 28.6. The molecule has 9 heteroatoms. The monoisotopic (exact) mass is 501 g/mol. The first-order valence-corrected chi connectivity index (χ1v) is 12.5. The van der Waals surface area contributed by atoms with Crippen LogP contribution < -0.4 is 5.32 Å². The molecule has 2 aromatic carbocycles. The van der Waals surface area contributed by atoms with Gasteiger partial charge < -0.3 is 25.0 Å². The topological polar surface area (TPSA) is 82.1 Å². The number of amides is 3. The van der Waals surface area contributed by atoms with Gasteiger partial charge in [-0.05, 0) is 48.1 Å². The smallest absolute Gasteiger partial charge is 0.409 e. The number of rotatable bonds is 6. The van der Waals surface area contributed by atoms with Crippen LogP contribution in [0.25, 0.3) is 0 Å². The molecule has 36 heavy (non-hydrogen) atoms. The highest BCUT2D eigenvalue weighted by atomic mass is 19.1. The fourth-order valence-corrected chi connectivity index (χ4v) is 4.88. The van der Waals surface area contributed by atoms with Crippen molar-refractivity contribution in [2.24, 2.45) is 0 Å². The lowest BCUT2D eigenvalue weighted by Gasteiger charge is -2.42. The van der Waals surface area contributed by atoms with Crippen LogP contribution in [0.15, 0.2) is 48.5 Å². The predicted molar refractivity (Wildman–Crippen MR) is 131 cm³/mol. The first-order valence-electron chi connectivity index (χ1n) is 12.5. The van der Waals surface area contributed by atoms with E-state index in [-0.39, 0.29) is 38.5 Å². The Morgan fingerprint density at radius 3 is 2.67 bits per heavy atom. The van der Waals surface area contributed by atoms with Crippen molar-refractivity contribution in [3.8, 4) is 0 Å². The van der Waals surface area contributed by atoms with Crippen LogP contribution in [0, 0.1) is 5.82 Å². The fraction of sp³-hybridized carbons (Fsp3) is 0.481. The standard InChI is InChI=1S/C27H33F2N3O4/c1-2-3-16-36-26(34)31-14-13-23(29)27(35,18-31)17-30-25(33)32-15-12-19-6-4-5-7-22(19)24(32)20-8-10-21(28)11-9-20/h4-11,23-24,35H,2-3,12-18H2,1H3,(H,30,33)/t23?,24-,27?/m0/s1. The van der Waals surface area contributed by atoms with Crippen LogP contribution in [0.4, 0.5) is 18.4 Å². The minimum atomic E-state index is -1.93. The zero-order chi connectivity index (χ0) is 25.7. The number of aliphatic hydroxyl groups is 1. The number of hydrogen-bond acceptors (Lipinski definition) is 4. The number of likely N-dealkylation sites (tertiary alicyclic amines) is 1. The third-order valence-electron chi connectivity index (χ3n) is 6.96. The second kappa shape index (κ2) is 11.2. The molecule has 2 heterocycles. The molecule has 2 aliphatic rings. The van der Waals surface area contributed by atoms with Gasteiger partial charge in [0.1, 0.15) is 17.6 Å². The van der Waals surface area contributed by atoms with Gasteiger partial charge in [-0.3, -0.25) is 0 Å². The van der Waals surface area contributed by atoms with E-state index in [1.54, 1.807) is 17.0 Å². The minimum Gasteiger partial charge on any atom is -0.449 e. The molecule has 1 saturated heterocycles. The quantitative estimate of drug-likeness (QED) is 0.582. The molecule has 0 radical (unpaired) electrons. The summed E-state index contributed by atoms with van der Waals surface area (Å²) >= 11 is 0. The number of carbonyl (C=O) groups is 2. The summed E-state index contributed by atoms with van der Waals surface area (Å²) in [5.41, 5.74) is 0.852. The van der Waals surface area contributed by atoms with Gasteiger partial charge in [-0.25, -0.2) is 18.4 Å². The number of urea groups is 1. The van der Waals surface area contributed by atoms with E-state index >= 15 is 0 Å². The Bertz CT molecular complexity index is 1070. The Kier molecular flexibility index (Phi) is 8.08. The van der Waals surface area contributed by atoms with Crippen molar-refractivity contribution in [3.05, 3.63) is 71.0 Å². The molecule has 0 aliphatic carbocycles.